The second kappa shape index (κ2) is 7.15. The monoisotopic (exact) mass is 382 g/mol. The van der Waals surface area contributed by atoms with Crippen molar-refractivity contribution in [2.45, 2.75) is 44.8 Å². The zero-order valence-electron chi connectivity index (χ0n) is 16.2. The number of rotatable bonds is 5. The first-order valence-corrected chi connectivity index (χ1v) is 10.2. The zero-order valence-corrected chi connectivity index (χ0v) is 16.2. The molecule has 4 fully saturated rings. The second-order valence-electron chi connectivity index (χ2n) is 8.53. The lowest BCUT2D eigenvalue weighted by Gasteiger charge is -2.38. The summed E-state index contributed by atoms with van der Waals surface area (Å²) in [6, 6.07) is 9.49. The van der Waals surface area contributed by atoms with E-state index in [1.165, 1.54) is 19.3 Å². The summed E-state index contributed by atoms with van der Waals surface area (Å²) in [4.78, 5) is 15.2. The van der Waals surface area contributed by atoms with Gasteiger partial charge in [-0.05, 0) is 62.0 Å². The third kappa shape index (κ3) is 3.36. The summed E-state index contributed by atoms with van der Waals surface area (Å²) in [5.74, 6) is 4.25. The number of methoxy groups -OCH3 is 1. The van der Waals surface area contributed by atoms with Crippen molar-refractivity contribution in [1.82, 2.24) is 10.1 Å². The van der Waals surface area contributed by atoms with Crippen molar-refractivity contribution in [1.29, 1.82) is 0 Å². The lowest BCUT2D eigenvalue weighted by atomic mass is 9.68. The molecule has 1 aromatic heterocycles. The lowest BCUT2D eigenvalue weighted by molar-refractivity contribution is 0.0622. The van der Waals surface area contributed by atoms with E-state index in [4.69, 9.17) is 14.0 Å². The molecule has 4 bridgehead atoms. The Kier molecular flexibility index (Phi) is 4.49. The number of aromatic nitrogens is 1. The molecular weight excluding hydrogens is 356 g/mol. The maximum atomic E-state index is 13.1. The molecule has 2 atom stereocenters. The van der Waals surface area contributed by atoms with Crippen LogP contribution in [0.3, 0.4) is 0 Å². The minimum Gasteiger partial charge on any atom is -0.497 e. The third-order valence-electron chi connectivity index (χ3n) is 6.57. The van der Waals surface area contributed by atoms with Gasteiger partial charge >= 0.3 is 0 Å². The van der Waals surface area contributed by atoms with Gasteiger partial charge in [-0.2, -0.15) is 0 Å². The van der Waals surface area contributed by atoms with E-state index in [1.54, 1.807) is 13.2 Å². The van der Waals surface area contributed by atoms with E-state index < -0.39 is 0 Å². The van der Waals surface area contributed by atoms with Gasteiger partial charge in [-0.25, -0.2) is 0 Å². The van der Waals surface area contributed by atoms with Gasteiger partial charge in [-0.15, -0.1) is 0 Å². The fraction of sp³-hybridized carbons (Fsp3) is 0.545. The maximum absolute atomic E-state index is 13.1. The number of benzene rings is 1. The molecule has 0 N–H and O–H groups in total. The Morgan fingerprint density at radius 3 is 2.64 bits per heavy atom. The SMILES string of the molecule is COc1cccc(OCc2cc(C(=O)N3CC4CC5CC(C4)CC3C5)no2)c1. The Bertz CT molecular complexity index is 850. The summed E-state index contributed by atoms with van der Waals surface area (Å²) < 4.78 is 16.3. The van der Waals surface area contributed by atoms with Gasteiger partial charge in [0.15, 0.2) is 11.5 Å². The summed E-state index contributed by atoms with van der Waals surface area (Å²) in [5, 5.41) is 4.04. The molecule has 1 aromatic carbocycles. The Balaban J connectivity index is 1.26. The number of carbonyl (C=O) groups is 1. The quantitative estimate of drug-likeness (QED) is 0.784. The highest BCUT2D eigenvalue weighted by Crippen LogP contribution is 2.47. The number of hydrogen-bond donors (Lipinski definition) is 0. The molecule has 2 aromatic rings. The fourth-order valence-corrected chi connectivity index (χ4v) is 5.51. The average molecular weight is 382 g/mol. The van der Waals surface area contributed by atoms with E-state index in [9.17, 15) is 4.79 Å². The number of nitrogens with zero attached hydrogens (tertiary/aromatic N) is 2. The Hall–Kier alpha value is -2.50. The van der Waals surface area contributed by atoms with Crippen molar-refractivity contribution in [3.63, 3.8) is 0 Å². The molecule has 6 heteroatoms. The smallest absolute Gasteiger partial charge is 0.276 e. The van der Waals surface area contributed by atoms with Crippen molar-refractivity contribution < 1.29 is 18.8 Å². The molecule has 4 aliphatic rings. The minimum atomic E-state index is 0.00887. The number of amides is 1. The van der Waals surface area contributed by atoms with Crippen LogP contribution in [0.25, 0.3) is 0 Å². The molecule has 2 unspecified atom stereocenters. The topological polar surface area (TPSA) is 64.8 Å². The fourth-order valence-electron chi connectivity index (χ4n) is 5.51. The highest BCUT2D eigenvalue weighted by atomic mass is 16.5. The van der Waals surface area contributed by atoms with Crippen LogP contribution in [0.15, 0.2) is 34.9 Å². The number of hydrogen-bond acceptors (Lipinski definition) is 5. The normalized spacial score (nSPS) is 28.2. The molecule has 2 aliphatic carbocycles. The van der Waals surface area contributed by atoms with Crippen LogP contribution in [0.4, 0.5) is 0 Å². The molecule has 2 saturated carbocycles. The number of ether oxygens (including phenoxy) is 2. The summed E-state index contributed by atoms with van der Waals surface area (Å²) >= 11 is 0. The van der Waals surface area contributed by atoms with Crippen LogP contribution in [0, 0.1) is 17.8 Å². The van der Waals surface area contributed by atoms with Gasteiger partial charge in [-0.1, -0.05) is 11.2 Å². The first-order chi connectivity index (χ1) is 13.7. The average Bonchev–Trinajstić information content (AvgIpc) is 3.09. The second-order valence-corrected chi connectivity index (χ2v) is 8.53. The number of fused-ring (bicyclic) bond motifs is 1. The van der Waals surface area contributed by atoms with E-state index in [2.05, 4.69) is 10.1 Å². The molecular formula is C22H26N2O4. The summed E-state index contributed by atoms with van der Waals surface area (Å²) in [6.45, 7) is 1.10. The van der Waals surface area contributed by atoms with Gasteiger partial charge in [0, 0.05) is 24.7 Å². The van der Waals surface area contributed by atoms with Crippen LogP contribution >= 0.6 is 0 Å². The predicted molar refractivity (Wildman–Crippen MR) is 102 cm³/mol. The van der Waals surface area contributed by atoms with Gasteiger partial charge in [0.25, 0.3) is 5.91 Å². The predicted octanol–water partition coefficient (Wildman–Crippen LogP) is 3.91. The first kappa shape index (κ1) is 17.6. The molecule has 2 saturated heterocycles. The van der Waals surface area contributed by atoms with Gasteiger partial charge in [0.1, 0.15) is 18.1 Å². The van der Waals surface area contributed by atoms with Crippen LogP contribution in [0.5, 0.6) is 11.5 Å². The summed E-state index contributed by atoms with van der Waals surface area (Å²) in [6.07, 6.45) is 6.25. The largest absolute Gasteiger partial charge is 0.497 e. The van der Waals surface area contributed by atoms with Gasteiger partial charge in [-0.3, -0.25) is 4.79 Å². The highest BCUT2D eigenvalue weighted by Gasteiger charge is 2.44. The first-order valence-electron chi connectivity index (χ1n) is 10.2. The minimum absolute atomic E-state index is 0.00887. The van der Waals surface area contributed by atoms with Crippen molar-refractivity contribution in [2.24, 2.45) is 17.8 Å². The third-order valence-corrected chi connectivity index (χ3v) is 6.57. The van der Waals surface area contributed by atoms with Gasteiger partial charge < -0.3 is 18.9 Å². The van der Waals surface area contributed by atoms with Crippen LogP contribution in [0.2, 0.25) is 0 Å². The molecule has 2 aliphatic heterocycles. The maximum Gasteiger partial charge on any atom is 0.276 e. The molecule has 6 rings (SSSR count). The van der Waals surface area contributed by atoms with E-state index in [0.717, 1.165) is 37.0 Å². The summed E-state index contributed by atoms with van der Waals surface area (Å²) in [7, 11) is 1.62. The van der Waals surface area contributed by atoms with Crippen molar-refractivity contribution in [3.8, 4) is 11.5 Å². The summed E-state index contributed by atoms with van der Waals surface area (Å²) in [5.41, 5.74) is 0.394. The Morgan fingerprint density at radius 2 is 1.86 bits per heavy atom. The molecule has 148 valence electrons. The standard InChI is InChI=1S/C22H26N2O4/c1-26-18-3-2-4-19(10-18)27-13-20-11-21(23-28-20)22(25)24-12-16-6-14-5-15(7-16)9-17(24)8-14/h2-4,10-11,14-17H,5-9,12-13H2,1H3. The van der Waals surface area contributed by atoms with Gasteiger partial charge in [0.05, 0.1) is 7.11 Å². The van der Waals surface area contributed by atoms with E-state index in [0.29, 0.717) is 29.2 Å². The van der Waals surface area contributed by atoms with Crippen molar-refractivity contribution in [2.75, 3.05) is 13.7 Å². The molecule has 0 spiro atoms. The molecule has 3 heterocycles. The van der Waals surface area contributed by atoms with Crippen LogP contribution in [-0.4, -0.2) is 35.7 Å². The van der Waals surface area contributed by atoms with E-state index >= 15 is 0 Å². The van der Waals surface area contributed by atoms with E-state index in [-0.39, 0.29) is 12.5 Å². The van der Waals surface area contributed by atoms with Crippen LogP contribution < -0.4 is 9.47 Å². The van der Waals surface area contributed by atoms with Crippen molar-refractivity contribution in [3.05, 3.63) is 41.8 Å². The molecule has 1 amide bonds. The van der Waals surface area contributed by atoms with E-state index in [1.807, 2.05) is 24.3 Å². The molecule has 6 nitrogen and oxygen atoms in total. The Morgan fingerprint density at radius 1 is 1.11 bits per heavy atom. The van der Waals surface area contributed by atoms with Crippen LogP contribution in [-0.2, 0) is 6.61 Å². The Labute approximate surface area is 164 Å². The highest BCUT2D eigenvalue weighted by molar-refractivity contribution is 5.92. The zero-order chi connectivity index (χ0) is 19.1. The van der Waals surface area contributed by atoms with Crippen molar-refractivity contribution >= 4 is 5.91 Å². The lowest BCUT2D eigenvalue weighted by Crippen LogP contribution is -2.42. The molecule has 0 radical (unpaired) electrons. The van der Waals surface area contributed by atoms with Crippen LogP contribution in [0.1, 0.15) is 48.4 Å². The van der Waals surface area contributed by atoms with Gasteiger partial charge in [0.2, 0.25) is 0 Å². The number of carbonyl (C=O) groups excluding carboxylic acids is 1. The molecule has 28 heavy (non-hydrogen) atoms.